The number of hydrogen-bond donors (Lipinski definition) is 1. The van der Waals surface area contributed by atoms with Gasteiger partial charge in [-0.05, 0) is 25.9 Å². The third-order valence-electron chi connectivity index (χ3n) is 3.11. The van der Waals surface area contributed by atoms with Gasteiger partial charge in [0.1, 0.15) is 0 Å². The molecule has 0 unspecified atom stereocenters. The predicted octanol–water partition coefficient (Wildman–Crippen LogP) is 0.828. The Labute approximate surface area is 91.1 Å². The van der Waals surface area contributed by atoms with Gasteiger partial charge in [-0.1, -0.05) is 6.42 Å². The van der Waals surface area contributed by atoms with E-state index >= 15 is 0 Å². The van der Waals surface area contributed by atoms with Gasteiger partial charge in [-0.2, -0.15) is 0 Å². The molecule has 1 aliphatic heterocycles. The van der Waals surface area contributed by atoms with E-state index in [2.05, 4.69) is 14.5 Å². The number of nitrogens with zero attached hydrogens (tertiary/aromatic N) is 3. The van der Waals surface area contributed by atoms with Crippen LogP contribution in [0.5, 0.6) is 0 Å². The fourth-order valence-corrected chi connectivity index (χ4v) is 2.15. The number of nitrogens with two attached hydrogens (primary N) is 1. The van der Waals surface area contributed by atoms with E-state index in [9.17, 15) is 0 Å². The normalized spacial score (nSPS) is 18.2. The Morgan fingerprint density at radius 2 is 2.00 bits per heavy atom. The molecule has 84 valence electrons. The summed E-state index contributed by atoms with van der Waals surface area (Å²) in [7, 11) is 0. The molecule has 0 aromatic carbocycles. The lowest BCUT2D eigenvalue weighted by molar-refractivity contribution is 0.220. The molecule has 0 spiro atoms. The Balaban J connectivity index is 1.81. The van der Waals surface area contributed by atoms with Gasteiger partial charge in [0.15, 0.2) is 0 Å². The van der Waals surface area contributed by atoms with Crippen LogP contribution in [-0.4, -0.2) is 34.1 Å². The maximum absolute atomic E-state index is 5.63. The minimum Gasteiger partial charge on any atom is -0.332 e. The summed E-state index contributed by atoms with van der Waals surface area (Å²) >= 11 is 0. The van der Waals surface area contributed by atoms with E-state index in [0.29, 0.717) is 6.54 Å². The first kappa shape index (κ1) is 10.6. The first-order valence-electron chi connectivity index (χ1n) is 5.81. The second-order valence-corrected chi connectivity index (χ2v) is 4.18. The van der Waals surface area contributed by atoms with Gasteiger partial charge < -0.3 is 15.2 Å². The topological polar surface area (TPSA) is 47.1 Å². The van der Waals surface area contributed by atoms with Crippen LogP contribution < -0.4 is 5.73 Å². The lowest BCUT2D eigenvalue weighted by Gasteiger charge is -2.26. The van der Waals surface area contributed by atoms with E-state index in [4.69, 9.17) is 5.73 Å². The summed E-state index contributed by atoms with van der Waals surface area (Å²) in [5, 5.41) is 0. The van der Waals surface area contributed by atoms with Gasteiger partial charge in [0.2, 0.25) is 0 Å². The number of piperidine rings is 1. The minimum absolute atomic E-state index is 0.583. The summed E-state index contributed by atoms with van der Waals surface area (Å²) in [6, 6.07) is 0. The maximum Gasteiger partial charge on any atom is 0.0949 e. The molecule has 4 nitrogen and oxygen atoms in total. The highest BCUT2D eigenvalue weighted by atomic mass is 15.2. The zero-order chi connectivity index (χ0) is 10.5. The van der Waals surface area contributed by atoms with E-state index in [-0.39, 0.29) is 0 Å². The third-order valence-corrected chi connectivity index (χ3v) is 3.11. The second-order valence-electron chi connectivity index (χ2n) is 4.18. The van der Waals surface area contributed by atoms with E-state index < -0.39 is 0 Å². The highest BCUT2D eigenvalue weighted by molar-refractivity contribution is 4.97. The van der Waals surface area contributed by atoms with Crippen molar-refractivity contribution in [3.05, 3.63) is 18.2 Å². The number of likely N-dealkylation sites (tertiary alicyclic amines) is 1. The molecule has 0 radical (unpaired) electrons. The van der Waals surface area contributed by atoms with Crippen molar-refractivity contribution >= 4 is 0 Å². The van der Waals surface area contributed by atoms with Crippen molar-refractivity contribution in [3.63, 3.8) is 0 Å². The average molecular weight is 208 g/mol. The molecule has 2 N–H and O–H groups in total. The van der Waals surface area contributed by atoms with Gasteiger partial charge >= 0.3 is 0 Å². The largest absolute Gasteiger partial charge is 0.332 e. The molecule has 0 aliphatic carbocycles. The fourth-order valence-electron chi connectivity index (χ4n) is 2.15. The number of rotatable bonds is 4. The van der Waals surface area contributed by atoms with Gasteiger partial charge in [-0.3, -0.25) is 0 Å². The SMILES string of the molecule is NCc1cncn1CCN1CCCCC1. The summed E-state index contributed by atoms with van der Waals surface area (Å²) in [4.78, 5) is 6.65. The van der Waals surface area contributed by atoms with Crippen molar-refractivity contribution in [2.24, 2.45) is 5.73 Å². The summed E-state index contributed by atoms with van der Waals surface area (Å²) in [6.45, 7) is 5.25. The summed E-state index contributed by atoms with van der Waals surface area (Å²) in [6.07, 6.45) is 7.85. The number of imidazole rings is 1. The Bertz CT molecular complexity index is 289. The summed E-state index contributed by atoms with van der Waals surface area (Å²) < 4.78 is 2.16. The van der Waals surface area contributed by atoms with E-state index in [1.807, 2.05) is 12.5 Å². The van der Waals surface area contributed by atoms with Crippen molar-refractivity contribution in [3.8, 4) is 0 Å². The van der Waals surface area contributed by atoms with Crippen LogP contribution in [0.1, 0.15) is 25.0 Å². The van der Waals surface area contributed by atoms with Gasteiger partial charge in [-0.15, -0.1) is 0 Å². The van der Waals surface area contributed by atoms with Crippen LogP contribution in [0.25, 0.3) is 0 Å². The molecule has 15 heavy (non-hydrogen) atoms. The van der Waals surface area contributed by atoms with Crippen molar-refractivity contribution in [2.75, 3.05) is 19.6 Å². The smallest absolute Gasteiger partial charge is 0.0949 e. The molecule has 4 heteroatoms. The van der Waals surface area contributed by atoms with Crippen LogP contribution in [0, 0.1) is 0 Å². The van der Waals surface area contributed by atoms with Gasteiger partial charge in [-0.25, -0.2) is 4.98 Å². The standard InChI is InChI=1S/C11H20N4/c12-8-11-9-13-10-15(11)7-6-14-4-2-1-3-5-14/h9-10H,1-8,12H2. The van der Waals surface area contributed by atoms with Crippen molar-refractivity contribution < 1.29 is 0 Å². The third kappa shape index (κ3) is 2.79. The molecule has 1 aromatic rings. The Morgan fingerprint density at radius 3 is 2.73 bits per heavy atom. The lowest BCUT2D eigenvalue weighted by Crippen LogP contribution is -2.32. The molecule has 0 bridgehead atoms. The van der Waals surface area contributed by atoms with Gasteiger partial charge in [0.25, 0.3) is 0 Å². The van der Waals surface area contributed by atoms with Crippen LogP contribution in [0.3, 0.4) is 0 Å². The van der Waals surface area contributed by atoms with Gasteiger partial charge in [0.05, 0.1) is 12.0 Å². The van der Waals surface area contributed by atoms with Crippen LogP contribution >= 0.6 is 0 Å². The molecule has 2 rings (SSSR count). The van der Waals surface area contributed by atoms with E-state index in [0.717, 1.165) is 18.8 Å². The monoisotopic (exact) mass is 208 g/mol. The van der Waals surface area contributed by atoms with E-state index in [1.54, 1.807) is 0 Å². The molecule has 1 saturated heterocycles. The molecule has 0 saturated carbocycles. The van der Waals surface area contributed by atoms with Gasteiger partial charge in [0, 0.05) is 25.8 Å². The molecule has 1 aliphatic rings. The number of aromatic nitrogens is 2. The fraction of sp³-hybridized carbons (Fsp3) is 0.727. The highest BCUT2D eigenvalue weighted by Crippen LogP contribution is 2.08. The molecule has 2 heterocycles. The minimum atomic E-state index is 0.583. The molecule has 1 aromatic heterocycles. The van der Waals surface area contributed by atoms with Crippen molar-refractivity contribution in [2.45, 2.75) is 32.4 Å². The Hall–Kier alpha value is -0.870. The Morgan fingerprint density at radius 1 is 1.20 bits per heavy atom. The first-order chi connectivity index (χ1) is 7.40. The molecule has 0 atom stereocenters. The molecule has 0 amide bonds. The first-order valence-corrected chi connectivity index (χ1v) is 5.81. The average Bonchev–Trinajstić information content (AvgIpc) is 2.75. The highest BCUT2D eigenvalue weighted by Gasteiger charge is 2.09. The summed E-state index contributed by atoms with van der Waals surface area (Å²) in [5.74, 6) is 0. The second kappa shape index (κ2) is 5.28. The van der Waals surface area contributed by atoms with Crippen LogP contribution in [0.15, 0.2) is 12.5 Å². The van der Waals surface area contributed by atoms with Crippen molar-refractivity contribution in [1.82, 2.24) is 14.5 Å². The zero-order valence-corrected chi connectivity index (χ0v) is 9.23. The summed E-state index contributed by atoms with van der Waals surface area (Å²) in [5.41, 5.74) is 6.76. The molecular formula is C11H20N4. The van der Waals surface area contributed by atoms with Crippen LogP contribution in [-0.2, 0) is 13.1 Å². The quantitative estimate of drug-likeness (QED) is 0.797. The van der Waals surface area contributed by atoms with Crippen molar-refractivity contribution in [1.29, 1.82) is 0 Å². The van der Waals surface area contributed by atoms with E-state index in [1.165, 1.54) is 32.4 Å². The Kier molecular flexibility index (Phi) is 3.75. The molecular weight excluding hydrogens is 188 g/mol. The number of hydrogen-bond acceptors (Lipinski definition) is 3. The lowest BCUT2D eigenvalue weighted by atomic mass is 10.1. The predicted molar refractivity (Wildman–Crippen MR) is 60.4 cm³/mol. The van der Waals surface area contributed by atoms with Crippen LogP contribution in [0.4, 0.5) is 0 Å². The van der Waals surface area contributed by atoms with Crippen LogP contribution in [0.2, 0.25) is 0 Å². The molecule has 1 fully saturated rings. The zero-order valence-electron chi connectivity index (χ0n) is 9.23. The maximum atomic E-state index is 5.63.